The highest BCUT2D eigenvalue weighted by molar-refractivity contribution is 7.99. The van der Waals surface area contributed by atoms with Crippen molar-refractivity contribution >= 4 is 35.0 Å². The number of carbonyl (C=O) groups is 1. The van der Waals surface area contributed by atoms with Crippen LogP contribution in [0.15, 0.2) is 16.3 Å². The van der Waals surface area contributed by atoms with Crippen molar-refractivity contribution in [2.45, 2.75) is 55.8 Å². The summed E-state index contributed by atoms with van der Waals surface area (Å²) in [6, 6.07) is 4.08. The molecule has 0 spiro atoms. The first-order valence-corrected chi connectivity index (χ1v) is 11.1. The van der Waals surface area contributed by atoms with Crippen molar-refractivity contribution in [2.75, 3.05) is 11.9 Å². The van der Waals surface area contributed by atoms with Gasteiger partial charge >= 0.3 is 6.03 Å². The Labute approximate surface area is 168 Å². The van der Waals surface area contributed by atoms with Crippen LogP contribution >= 0.6 is 23.3 Å². The molecule has 27 heavy (non-hydrogen) atoms. The van der Waals surface area contributed by atoms with Gasteiger partial charge in [-0.05, 0) is 90.8 Å². The predicted octanol–water partition coefficient (Wildman–Crippen LogP) is 3.94. The number of urea groups is 1. The fourth-order valence-electron chi connectivity index (χ4n) is 4.27. The smallest absolute Gasteiger partial charge is 0.316 e. The number of carbonyl (C=O) groups excluding carboxylic acids is 1. The first-order valence-electron chi connectivity index (χ1n) is 9.44. The summed E-state index contributed by atoms with van der Waals surface area (Å²) in [5, 5.41) is 8.29. The summed E-state index contributed by atoms with van der Waals surface area (Å²) in [4.78, 5) is 12.4. The van der Waals surface area contributed by atoms with Crippen LogP contribution in [0.5, 0.6) is 0 Å². The number of nitrogens with one attached hydrogen (secondary N) is 1. The number of rotatable bonds is 2. The summed E-state index contributed by atoms with van der Waals surface area (Å²) in [7, 11) is 0. The normalized spacial score (nSPS) is 16.8. The van der Waals surface area contributed by atoms with Gasteiger partial charge in [-0.1, -0.05) is 6.07 Å². The number of nitrogens with two attached hydrogens (primary N) is 2. The predicted molar refractivity (Wildman–Crippen MR) is 111 cm³/mol. The molecule has 7 heteroatoms. The molecule has 0 unspecified atom stereocenters. The molecule has 5 nitrogen and oxygen atoms in total. The van der Waals surface area contributed by atoms with Crippen molar-refractivity contribution in [2.24, 2.45) is 10.9 Å². The van der Waals surface area contributed by atoms with Crippen LogP contribution in [0.4, 0.5) is 10.5 Å². The molecule has 2 amide bonds. The Hall–Kier alpha value is -1.54. The lowest BCUT2D eigenvalue weighted by Crippen LogP contribution is -2.21. The molecule has 5 N–H and O–H groups in total. The molecule has 0 radical (unpaired) electrons. The fraction of sp³-hybridized carbons (Fsp3) is 0.450. The van der Waals surface area contributed by atoms with E-state index < -0.39 is 6.03 Å². The van der Waals surface area contributed by atoms with E-state index in [2.05, 4.69) is 17.4 Å². The minimum Gasteiger partial charge on any atom is -0.376 e. The highest BCUT2D eigenvalue weighted by Crippen LogP contribution is 2.38. The second-order valence-corrected chi connectivity index (χ2v) is 9.23. The van der Waals surface area contributed by atoms with Gasteiger partial charge in [-0.15, -0.1) is 11.3 Å². The number of hydrogen-bond acceptors (Lipinski definition) is 5. The SMILES string of the molecule is NC(=O)Nc1c2c(cc3c1CCC3)CCC2.NSc1cc2c(s1)COCC2. The van der Waals surface area contributed by atoms with E-state index in [0.29, 0.717) is 0 Å². The summed E-state index contributed by atoms with van der Waals surface area (Å²) in [6.07, 6.45) is 7.91. The fourth-order valence-corrected chi connectivity index (χ4v) is 5.85. The van der Waals surface area contributed by atoms with E-state index in [4.69, 9.17) is 15.6 Å². The van der Waals surface area contributed by atoms with Gasteiger partial charge in [0.1, 0.15) is 0 Å². The van der Waals surface area contributed by atoms with E-state index in [9.17, 15) is 4.79 Å². The van der Waals surface area contributed by atoms with Crippen molar-refractivity contribution in [3.05, 3.63) is 44.8 Å². The molecular weight excluding hydrogens is 378 g/mol. The maximum atomic E-state index is 11.1. The van der Waals surface area contributed by atoms with Gasteiger partial charge in [-0.3, -0.25) is 5.14 Å². The number of anilines is 1. The highest BCUT2D eigenvalue weighted by Gasteiger charge is 2.24. The van der Waals surface area contributed by atoms with Crippen LogP contribution in [0.1, 0.15) is 45.5 Å². The minimum atomic E-state index is -0.436. The van der Waals surface area contributed by atoms with E-state index in [-0.39, 0.29) is 0 Å². The summed E-state index contributed by atoms with van der Waals surface area (Å²) in [5.74, 6) is 0. The Morgan fingerprint density at radius 3 is 2.33 bits per heavy atom. The van der Waals surface area contributed by atoms with Gasteiger partial charge in [0.15, 0.2) is 0 Å². The second kappa shape index (κ2) is 8.22. The van der Waals surface area contributed by atoms with Gasteiger partial charge in [-0.2, -0.15) is 0 Å². The lowest BCUT2D eigenvalue weighted by atomic mass is 9.99. The van der Waals surface area contributed by atoms with Gasteiger partial charge in [-0.25, -0.2) is 4.79 Å². The van der Waals surface area contributed by atoms with E-state index in [0.717, 1.165) is 51.0 Å². The third-order valence-corrected chi connectivity index (χ3v) is 7.29. The number of aryl methyl sites for hydroxylation is 2. The van der Waals surface area contributed by atoms with Crippen molar-refractivity contribution in [1.29, 1.82) is 0 Å². The largest absolute Gasteiger partial charge is 0.376 e. The van der Waals surface area contributed by atoms with Crippen LogP contribution in [0.25, 0.3) is 0 Å². The number of primary amides is 1. The van der Waals surface area contributed by atoms with Gasteiger partial charge in [0.25, 0.3) is 0 Å². The number of amides is 2. The average molecular weight is 404 g/mol. The first-order chi connectivity index (χ1) is 13.2. The monoisotopic (exact) mass is 403 g/mol. The molecule has 0 bridgehead atoms. The molecule has 3 aliphatic rings. The lowest BCUT2D eigenvalue weighted by Gasteiger charge is -2.14. The summed E-state index contributed by atoms with van der Waals surface area (Å²) < 4.78 is 6.51. The van der Waals surface area contributed by atoms with Crippen molar-refractivity contribution in [3.63, 3.8) is 0 Å². The number of benzene rings is 1. The minimum absolute atomic E-state index is 0.436. The average Bonchev–Trinajstić information content (AvgIpc) is 3.39. The van der Waals surface area contributed by atoms with Crippen LogP contribution in [-0.4, -0.2) is 12.6 Å². The van der Waals surface area contributed by atoms with E-state index in [1.165, 1.54) is 61.7 Å². The summed E-state index contributed by atoms with van der Waals surface area (Å²) in [5.41, 5.74) is 13.2. The van der Waals surface area contributed by atoms with Crippen molar-refractivity contribution in [1.82, 2.24) is 0 Å². The van der Waals surface area contributed by atoms with Crippen molar-refractivity contribution in [3.8, 4) is 0 Å². The van der Waals surface area contributed by atoms with E-state index in [1.807, 2.05) is 0 Å². The standard InChI is InChI=1S/C13H16N2O.C7H9NOS2/c14-13(16)15-12-10-5-1-3-8(10)7-9-4-2-6-11(9)12;8-11-7-3-5-1-2-9-4-6(5)10-7/h7H,1-6H2,(H3,14,15,16);3H,1-2,4,8H2. The molecule has 5 rings (SSSR count). The number of hydrogen-bond donors (Lipinski definition) is 3. The molecular formula is C20H25N3O2S2. The highest BCUT2D eigenvalue weighted by atomic mass is 32.2. The first kappa shape index (κ1) is 18.8. The number of thiophene rings is 1. The quantitative estimate of drug-likeness (QED) is 0.663. The van der Waals surface area contributed by atoms with E-state index >= 15 is 0 Å². The van der Waals surface area contributed by atoms with Gasteiger partial charge in [0, 0.05) is 10.6 Å². The Bertz CT molecular complexity index is 808. The molecule has 144 valence electrons. The Morgan fingerprint density at radius 1 is 1.04 bits per heavy atom. The van der Waals surface area contributed by atoms with Crippen LogP contribution in [-0.2, 0) is 43.4 Å². The van der Waals surface area contributed by atoms with E-state index in [1.54, 1.807) is 11.3 Å². The van der Waals surface area contributed by atoms with Crippen LogP contribution in [0.3, 0.4) is 0 Å². The second-order valence-electron chi connectivity index (χ2n) is 7.16. The maximum absolute atomic E-state index is 11.1. The molecule has 1 aromatic carbocycles. The van der Waals surface area contributed by atoms with Crippen LogP contribution in [0.2, 0.25) is 0 Å². The van der Waals surface area contributed by atoms with Gasteiger partial charge in [0.2, 0.25) is 0 Å². The molecule has 0 fully saturated rings. The maximum Gasteiger partial charge on any atom is 0.316 e. The zero-order chi connectivity index (χ0) is 18.8. The number of fused-ring (bicyclic) bond motifs is 3. The molecule has 2 aliphatic carbocycles. The topological polar surface area (TPSA) is 90.4 Å². The Morgan fingerprint density at radius 2 is 1.74 bits per heavy atom. The third-order valence-electron chi connectivity index (χ3n) is 5.46. The number of ether oxygens (including phenoxy) is 1. The van der Waals surface area contributed by atoms with Crippen LogP contribution in [0, 0.1) is 0 Å². The van der Waals surface area contributed by atoms with Gasteiger partial charge < -0.3 is 15.8 Å². The zero-order valence-corrected chi connectivity index (χ0v) is 16.9. The molecule has 1 aromatic heterocycles. The Balaban J connectivity index is 0.000000143. The van der Waals surface area contributed by atoms with Crippen molar-refractivity contribution < 1.29 is 9.53 Å². The summed E-state index contributed by atoms with van der Waals surface area (Å²) >= 11 is 3.07. The molecule has 0 saturated heterocycles. The Kier molecular flexibility index (Phi) is 5.73. The van der Waals surface area contributed by atoms with Crippen LogP contribution < -0.4 is 16.2 Å². The molecule has 2 heterocycles. The zero-order valence-electron chi connectivity index (χ0n) is 15.3. The lowest BCUT2D eigenvalue weighted by molar-refractivity contribution is 0.113. The van der Waals surface area contributed by atoms with Gasteiger partial charge in [0.05, 0.1) is 17.4 Å². The molecule has 0 atom stereocenters. The molecule has 0 saturated carbocycles. The third kappa shape index (κ3) is 4.01. The summed E-state index contributed by atoms with van der Waals surface area (Å²) in [6.45, 7) is 1.64. The molecule has 2 aromatic rings. The molecule has 1 aliphatic heterocycles.